The van der Waals surface area contributed by atoms with Crippen molar-refractivity contribution in [2.24, 2.45) is 5.14 Å². The molecule has 0 aliphatic rings. The first kappa shape index (κ1) is 21.5. The number of thiazole rings is 1. The second-order valence-electron chi connectivity index (χ2n) is 7.43. The molecule has 1 unspecified atom stereocenters. The molecule has 9 heteroatoms. The number of imidazole rings is 1. The highest BCUT2D eigenvalue weighted by atomic mass is 32.2. The van der Waals surface area contributed by atoms with Crippen LogP contribution in [0.5, 0.6) is 5.75 Å². The van der Waals surface area contributed by atoms with Crippen LogP contribution in [0, 0.1) is 0 Å². The molecule has 0 fully saturated rings. The van der Waals surface area contributed by atoms with Crippen molar-refractivity contribution >= 4 is 44.2 Å². The summed E-state index contributed by atoms with van der Waals surface area (Å²) in [6.07, 6.45) is 2.94. The second kappa shape index (κ2) is 9.17. The van der Waals surface area contributed by atoms with Crippen molar-refractivity contribution in [2.75, 3.05) is 5.32 Å². The van der Waals surface area contributed by atoms with E-state index in [1.807, 2.05) is 37.7 Å². The third kappa shape index (κ3) is 4.79. The van der Waals surface area contributed by atoms with Gasteiger partial charge in [-0.1, -0.05) is 13.0 Å². The summed E-state index contributed by atoms with van der Waals surface area (Å²) in [6.45, 7) is 7.00. The zero-order chi connectivity index (χ0) is 22.0. The average Bonchev–Trinajstić information content (AvgIpc) is 3.36. The smallest absolute Gasteiger partial charge is 0.187 e. The number of nitrogens with zero attached hydrogens (tertiary/aromatic N) is 3. The number of rotatable bonds is 8. The van der Waals surface area contributed by atoms with Gasteiger partial charge >= 0.3 is 0 Å². The Balaban J connectivity index is 1.64. The van der Waals surface area contributed by atoms with Crippen molar-refractivity contribution < 1.29 is 8.95 Å². The highest BCUT2D eigenvalue weighted by Gasteiger charge is 2.13. The van der Waals surface area contributed by atoms with Crippen LogP contribution in [0.2, 0.25) is 0 Å². The highest BCUT2D eigenvalue weighted by molar-refractivity contribution is 7.82. The maximum Gasteiger partial charge on any atom is 0.187 e. The van der Waals surface area contributed by atoms with Gasteiger partial charge in [-0.2, -0.15) is 0 Å². The molecule has 0 bridgehead atoms. The van der Waals surface area contributed by atoms with Gasteiger partial charge in [-0.15, -0.1) is 11.3 Å². The fourth-order valence-corrected chi connectivity index (χ4v) is 4.47. The van der Waals surface area contributed by atoms with Crippen LogP contribution in [0.3, 0.4) is 0 Å². The standard InChI is InChI=1S/C22H25N5O2S2/c1-4-9-27-13-24-17-7-5-15(10-20(17)27)19-12-30-22(26-19)25-18-11-16(31(23)28)6-8-21(18)29-14(2)3/h5-8,10-14H,4,9,23H2,1-3H3,(H,25,26). The Morgan fingerprint density at radius 3 is 2.84 bits per heavy atom. The van der Waals surface area contributed by atoms with Crippen molar-refractivity contribution in [2.45, 2.75) is 44.7 Å². The molecule has 1 atom stereocenters. The minimum atomic E-state index is -1.58. The largest absolute Gasteiger partial charge is 0.489 e. The topological polar surface area (TPSA) is 95.1 Å². The van der Waals surface area contributed by atoms with E-state index in [4.69, 9.17) is 14.9 Å². The lowest BCUT2D eigenvalue weighted by molar-refractivity contribution is 0.243. The molecule has 0 saturated carbocycles. The molecular weight excluding hydrogens is 430 g/mol. The molecule has 0 radical (unpaired) electrons. The molecule has 0 aliphatic heterocycles. The van der Waals surface area contributed by atoms with E-state index in [1.165, 1.54) is 11.3 Å². The van der Waals surface area contributed by atoms with Crippen LogP contribution in [0.4, 0.5) is 10.8 Å². The Morgan fingerprint density at radius 2 is 2.10 bits per heavy atom. The number of nitrogens with one attached hydrogen (secondary N) is 1. The Labute approximate surface area is 187 Å². The van der Waals surface area contributed by atoms with Gasteiger partial charge in [-0.25, -0.2) is 19.3 Å². The van der Waals surface area contributed by atoms with E-state index < -0.39 is 11.0 Å². The first-order valence-corrected chi connectivity index (χ1v) is 12.2. The van der Waals surface area contributed by atoms with E-state index in [9.17, 15) is 4.21 Å². The molecule has 0 aliphatic carbocycles. The predicted octanol–water partition coefficient (Wildman–Crippen LogP) is 5.08. The van der Waals surface area contributed by atoms with E-state index in [2.05, 4.69) is 27.9 Å². The average molecular weight is 456 g/mol. The molecule has 2 aromatic heterocycles. The molecule has 2 heterocycles. The van der Waals surface area contributed by atoms with Crippen LogP contribution in [0.25, 0.3) is 22.3 Å². The van der Waals surface area contributed by atoms with Crippen molar-refractivity contribution in [3.05, 3.63) is 48.1 Å². The first-order chi connectivity index (χ1) is 14.9. The number of benzene rings is 2. The van der Waals surface area contributed by atoms with Crippen LogP contribution < -0.4 is 15.2 Å². The maximum atomic E-state index is 11.7. The number of anilines is 2. The zero-order valence-corrected chi connectivity index (χ0v) is 19.3. The monoisotopic (exact) mass is 455 g/mol. The zero-order valence-electron chi connectivity index (χ0n) is 17.7. The summed E-state index contributed by atoms with van der Waals surface area (Å²) < 4.78 is 19.8. The summed E-state index contributed by atoms with van der Waals surface area (Å²) >= 11 is 1.50. The molecule has 4 rings (SSSR count). The fraction of sp³-hybridized carbons (Fsp3) is 0.273. The number of nitrogens with two attached hydrogens (primary N) is 1. The first-order valence-electron chi connectivity index (χ1n) is 10.1. The van der Waals surface area contributed by atoms with Gasteiger partial charge in [0.05, 0.1) is 39.7 Å². The molecule has 0 amide bonds. The van der Waals surface area contributed by atoms with E-state index in [0.717, 1.165) is 35.3 Å². The second-order valence-corrected chi connectivity index (χ2v) is 9.35. The third-order valence-electron chi connectivity index (χ3n) is 4.67. The lowest BCUT2D eigenvalue weighted by atomic mass is 10.1. The van der Waals surface area contributed by atoms with Crippen LogP contribution in [-0.4, -0.2) is 24.8 Å². The lowest BCUT2D eigenvalue weighted by Gasteiger charge is -2.15. The molecular formula is C22H25N5O2S2. The van der Waals surface area contributed by atoms with Gasteiger partial charge in [0.1, 0.15) is 16.7 Å². The Morgan fingerprint density at radius 1 is 1.26 bits per heavy atom. The fourth-order valence-electron chi connectivity index (χ4n) is 3.30. The molecule has 0 spiro atoms. The van der Waals surface area contributed by atoms with Crippen molar-refractivity contribution in [1.82, 2.24) is 14.5 Å². The van der Waals surface area contributed by atoms with Crippen LogP contribution in [0.1, 0.15) is 27.2 Å². The molecule has 31 heavy (non-hydrogen) atoms. The number of aromatic nitrogens is 3. The van der Waals surface area contributed by atoms with Crippen LogP contribution in [0.15, 0.2) is 53.0 Å². The molecule has 162 valence electrons. The van der Waals surface area contributed by atoms with Gasteiger partial charge in [0.15, 0.2) is 5.13 Å². The van der Waals surface area contributed by atoms with Gasteiger partial charge in [0, 0.05) is 17.5 Å². The summed E-state index contributed by atoms with van der Waals surface area (Å²) in [5.41, 5.74) is 4.68. The number of aryl methyl sites for hydroxylation is 1. The lowest BCUT2D eigenvalue weighted by Crippen LogP contribution is -2.09. The summed E-state index contributed by atoms with van der Waals surface area (Å²) in [5.74, 6) is 0.658. The summed E-state index contributed by atoms with van der Waals surface area (Å²) in [6, 6.07) is 11.4. The van der Waals surface area contributed by atoms with E-state index in [0.29, 0.717) is 21.5 Å². The quantitative estimate of drug-likeness (QED) is 0.386. The van der Waals surface area contributed by atoms with E-state index in [1.54, 1.807) is 18.2 Å². The molecule has 4 aromatic rings. The van der Waals surface area contributed by atoms with Gasteiger partial charge in [0.25, 0.3) is 0 Å². The highest BCUT2D eigenvalue weighted by Crippen LogP contribution is 2.34. The molecule has 7 nitrogen and oxygen atoms in total. The number of fused-ring (bicyclic) bond motifs is 1. The van der Waals surface area contributed by atoms with Crippen LogP contribution >= 0.6 is 11.3 Å². The molecule has 3 N–H and O–H groups in total. The van der Waals surface area contributed by atoms with Gasteiger partial charge in [-0.05, 0) is 50.6 Å². The minimum Gasteiger partial charge on any atom is -0.489 e. The molecule has 0 saturated heterocycles. The van der Waals surface area contributed by atoms with Gasteiger partial charge in [-0.3, -0.25) is 0 Å². The van der Waals surface area contributed by atoms with Gasteiger partial charge in [0.2, 0.25) is 0 Å². The molecule has 2 aromatic carbocycles. The number of hydrogen-bond donors (Lipinski definition) is 2. The summed E-state index contributed by atoms with van der Waals surface area (Å²) in [4.78, 5) is 9.74. The van der Waals surface area contributed by atoms with Gasteiger partial charge < -0.3 is 14.6 Å². The number of hydrogen-bond acceptors (Lipinski definition) is 6. The predicted molar refractivity (Wildman–Crippen MR) is 127 cm³/mol. The minimum absolute atomic E-state index is 0.00123. The van der Waals surface area contributed by atoms with Crippen molar-refractivity contribution in [3.8, 4) is 17.0 Å². The van der Waals surface area contributed by atoms with E-state index >= 15 is 0 Å². The Bertz CT molecular complexity index is 1230. The summed E-state index contributed by atoms with van der Waals surface area (Å²) in [5, 5.41) is 11.6. The van der Waals surface area contributed by atoms with Crippen molar-refractivity contribution in [3.63, 3.8) is 0 Å². The number of ether oxygens (including phenoxy) is 1. The normalized spacial score (nSPS) is 12.4. The van der Waals surface area contributed by atoms with Crippen molar-refractivity contribution in [1.29, 1.82) is 0 Å². The third-order valence-corrected chi connectivity index (χ3v) is 6.15. The Hall–Kier alpha value is -2.75. The van der Waals surface area contributed by atoms with Crippen LogP contribution in [-0.2, 0) is 17.5 Å². The Kier molecular flexibility index (Phi) is 6.35. The maximum absolute atomic E-state index is 11.7. The summed E-state index contributed by atoms with van der Waals surface area (Å²) in [7, 11) is -1.58. The van der Waals surface area contributed by atoms with E-state index in [-0.39, 0.29) is 6.10 Å². The SMILES string of the molecule is CCCn1cnc2ccc(-c3csc(Nc4cc(S(N)=O)ccc4OC(C)C)n3)cc21.